The zero-order chi connectivity index (χ0) is 26.6. The minimum Gasteiger partial charge on any atom is -0.481 e. The third kappa shape index (κ3) is 5.19. The lowest BCUT2D eigenvalue weighted by molar-refractivity contribution is -0.156. The van der Waals surface area contributed by atoms with Crippen LogP contribution in [0.4, 0.5) is 0 Å². The number of likely N-dealkylation sites (tertiary alicyclic amines) is 1. The van der Waals surface area contributed by atoms with Gasteiger partial charge in [0.05, 0.1) is 31.4 Å². The van der Waals surface area contributed by atoms with Gasteiger partial charge < -0.3 is 14.9 Å². The lowest BCUT2D eigenvalue weighted by Crippen LogP contribution is -2.57. The van der Waals surface area contributed by atoms with Crippen LogP contribution in [0.5, 0.6) is 0 Å². The molecule has 2 aliphatic heterocycles. The number of benzene rings is 2. The molecule has 0 spiro atoms. The molecule has 9 heteroatoms. The SMILES string of the molecule is CCCOCCN1C(=O)C2C(c3ccc(/C=C/c4ccccc4)cc3)NC(CC(=O)O)(C(=O)O)C2C1=O. The summed E-state index contributed by atoms with van der Waals surface area (Å²) in [5.74, 6) is -6.44. The standard InChI is InChI=1S/C28H30N2O7/c1-2-15-37-16-14-30-25(33)22-23(26(30)34)28(27(35)36,17-21(31)32)29-24(22)20-12-10-19(11-13-20)9-8-18-6-4-3-5-7-18/h3-13,22-24,29H,2,14-17H2,1H3,(H,31,32)(H,35,36)/b9-8+. The molecule has 2 aromatic carbocycles. The summed E-state index contributed by atoms with van der Waals surface area (Å²) in [6, 6.07) is 16.1. The molecule has 4 atom stereocenters. The fourth-order valence-corrected chi connectivity index (χ4v) is 5.22. The molecular weight excluding hydrogens is 476 g/mol. The summed E-state index contributed by atoms with van der Waals surface area (Å²) in [7, 11) is 0. The highest BCUT2D eigenvalue weighted by Gasteiger charge is 2.68. The average molecular weight is 507 g/mol. The van der Waals surface area contributed by atoms with E-state index in [0.29, 0.717) is 12.2 Å². The van der Waals surface area contributed by atoms with Gasteiger partial charge >= 0.3 is 11.9 Å². The monoisotopic (exact) mass is 506 g/mol. The number of fused-ring (bicyclic) bond motifs is 1. The molecule has 0 bridgehead atoms. The number of carboxylic acids is 2. The van der Waals surface area contributed by atoms with Crippen molar-refractivity contribution in [2.75, 3.05) is 19.8 Å². The van der Waals surface area contributed by atoms with Gasteiger partial charge in [-0.3, -0.25) is 29.4 Å². The number of hydrogen-bond donors (Lipinski definition) is 3. The molecule has 2 fully saturated rings. The summed E-state index contributed by atoms with van der Waals surface area (Å²) in [5, 5.41) is 22.6. The molecule has 4 unspecified atom stereocenters. The Kier molecular flexibility index (Phi) is 7.85. The number of amides is 2. The maximum absolute atomic E-state index is 13.4. The second-order valence-electron chi connectivity index (χ2n) is 9.32. The third-order valence-electron chi connectivity index (χ3n) is 6.93. The van der Waals surface area contributed by atoms with Crippen LogP contribution in [0.15, 0.2) is 54.6 Å². The largest absolute Gasteiger partial charge is 0.481 e. The fourth-order valence-electron chi connectivity index (χ4n) is 5.22. The quantitative estimate of drug-likeness (QED) is 0.241. The highest BCUT2D eigenvalue weighted by Crippen LogP contribution is 2.50. The summed E-state index contributed by atoms with van der Waals surface area (Å²) in [6.45, 7) is 2.52. The Labute approximate surface area is 214 Å². The number of carbonyl (C=O) groups is 4. The number of rotatable bonds is 11. The maximum Gasteiger partial charge on any atom is 0.325 e. The maximum atomic E-state index is 13.4. The van der Waals surface area contributed by atoms with Gasteiger partial charge in [-0.1, -0.05) is 73.7 Å². The first kappa shape index (κ1) is 26.2. The van der Waals surface area contributed by atoms with Gasteiger partial charge in [-0.25, -0.2) is 0 Å². The molecule has 2 aliphatic rings. The van der Waals surface area contributed by atoms with Gasteiger partial charge in [0.25, 0.3) is 0 Å². The molecule has 3 N–H and O–H groups in total. The molecule has 0 aromatic heterocycles. The van der Waals surface area contributed by atoms with E-state index in [1.54, 1.807) is 12.1 Å². The van der Waals surface area contributed by atoms with Gasteiger partial charge in [0.15, 0.2) is 0 Å². The zero-order valence-electron chi connectivity index (χ0n) is 20.5. The van der Waals surface area contributed by atoms with Gasteiger partial charge in [0.1, 0.15) is 5.54 Å². The Morgan fingerprint density at radius 3 is 2.22 bits per heavy atom. The van der Waals surface area contributed by atoms with Crippen molar-refractivity contribution in [2.24, 2.45) is 11.8 Å². The van der Waals surface area contributed by atoms with Crippen LogP contribution >= 0.6 is 0 Å². The summed E-state index contributed by atoms with van der Waals surface area (Å²) >= 11 is 0. The first-order chi connectivity index (χ1) is 17.8. The van der Waals surface area contributed by atoms with E-state index in [1.807, 2.05) is 61.5 Å². The molecule has 37 heavy (non-hydrogen) atoms. The fraction of sp³-hybridized carbons (Fsp3) is 0.357. The van der Waals surface area contributed by atoms with Gasteiger partial charge in [0, 0.05) is 12.6 Å². The predicted octanol–water partition coefficient (Wildman–Crippen LogP) is 2.83. The number of nitrogens with one attached hydrogen (secondary N) is 1. The van der Waals surface area contributed by atoms with E-state index in [4.69, 9.17) is 4.74 Å². The van der Waals surface area contributed by atoms with Crippen LogP contribution in [0.25, 0.3) is 12.2 Å². The van der Waals surface area contributed by atoms with Gasteiger partial charge in [-0.2, -0.15) is 0 Å². The first-order valence-electron chi connectivity index (χ1n) is 12.3. The van der Waals surface area contributed by atoms with Crippen molar-refractivity contribution in [3.05, 3.63) is 71.3 Å². The first-order valence-corrected chi connectivity index (χ1v) is 12.3. The van der Waals surface area contributed by atoms with E-state index in [0.717, 1.165) is 22.4 Å². The van der Waals surface area contributed by atoms with E-state index < -0.39 is 53.6 Å². The smallest absolute Gasteiger partial charge is 0.325 e. The second-order valence-corrected chi connectivity index (χ2v) is 9.32. The number of nitrogens with zero attached hydrogens (tertiary/aromatic N) is 1. The predicted molar refractivity (Wildman–Crippen MR) is 135 cm³/mol. The molecule has 2 amide bonds. The van der Waals surface area contributed by atoms with Crippen LogP contribution in [0.2, 0.25) is 0 Å². The molecule has 2 heterocycles. The average Bonchev–Trinajstić information content (AvgIpc) is 3.35. The Morgan fingerprint density at radius 2 is 1.62 bits per heavy atom. The summed E-state index contributed by atoms with van der Waals surface area (Å²) < 4.78 is 5.43. The number of hydrogen-bond acceptors (Lipinski definition) is 6. The van der Waals surface area contributed by atoms with Crippen LogP contribution in [0, 0.1) is 11.8 Å². The lowest BCUT2D eigenvalue weighted by atomic mass is 9.77. The molecule has 0 radical (unpaired) electrons. The van der Waals surface area contributed by atoms with E-state index in [9.17, 15) is 29.4 Å². The minimum absolute atomic E-state index is 0.0105. The zero-order valence-corrected chi connectivity index (χ0v) is 20.5. The normalized spacial score (nSPS) is 25.1. The van der Waals surface area contributed by atoms with E-state index in [-0.39, 0.29) is 13.2 Å². The molecule has 4 rings (SSSR count). The highest BCUT2D eigenvalue weighted by atomic mass is 16.5. The molecule has 194 valence electrons. The van der Waals surface area contributed by atoms with Crippen molar-refractivity contribution in [1.29, 1.82) is 0 Å². The second kappa shape index (κ2) is 11.1. The van der Waals surface area contributed by atoms with Crippen LogP contribution in [-0.4, -0.2) is 64.2 Å². The van der Waals surface area contributed by atoms with Crippen molar-refractivity contribution < 1.29 is 34.1 Å². The molecular formula is C28H30N2O7. The Balaban J connectivity index is 1.64. The van der Waals surface area contributed by atoms with E-state index in [1.165, 1.54) is 0 Å². The van der Waals surface area contributed by atoms with Crippen molar-refractivity contribution >= 4 is 35.9 Å². The number of carbonyl (C=O) groups excluding carboxylic acids is 2. The molecule has 0 saturated carbocycles. The number of aliphatic carboxylic acids is 2. The lowest BCUT2D eigenvalue weighted by Gasteiger charge is -2.29. The highest BCUT2D eigenvalue weighted by molar-refractivity contribution is 6.10. The van der Waals surface area contributed by atoms with Crippen LogP contribution in [0.3, 0.4) is 0 Å². The molecule has 2 saturated heterocycles. The third-order valence-corrected chi connectivity index (χ3v) is 6.93. The van der Waals surface area contributed by atoms with Crippen LogP contribution < -0.4 is 5.32 Å². The van der Waals surface area contributed by atoms with Crippen molar-refractivity contribution in [1.82, 2.24) is 10.2 Å². The van der Waals surface area contributed by atoms with Crippen LogP contribution in [0.1, 0.15) is 42.5 Å². The number of carboxylic acid groups (broad SMARTS) is 2. The Hall–Kier alpha value is -3.82. The van der Waals surface area contributed by atoms with Crippen molar-refractivity contribution in [2.45, 2.75) is 31.3 Å². The summed E-state index contributed by atoms with van der Waals surface area (Å²) in [4.78, 5) is 52.0. The number of ether oxygens (including phenoxy) is 1. The van der Waals surface area contributed by atoms with E-state index in [2.05, 4.69) is 5.32 Å². The Morgan fingerprint density at radius 1 is 0.973 bits per heavy atom. The Bertz CT molecular complexity index is 1190. The van der Waals surface area contributed by atoms with Gasteiger partial charge in [0.2, 0.25) is 11.8 Å². The summed E-state index contributed by atoms with van der Waals surface area (Å²) in [5.41, 5.74) is 0.412. The van der Waals surface area contributed by atoms with E-state index >= 15 is 0 Å². The summed E-state index contributed by atoms with van der Waals surface area (Å²) in [6.07, 6.45) is 3.82. The minimum atomic E-state index is -2.11. The van der Waals surface area contributed by atoms with Crippen LogP contribution in [-0.2, 0) is 23.9 Å². The van der Waals surface area contributed by atoms with Gasteiger partial charge in [-0.05, 0) is 23.1 Å². The molecule has 2 aromatic rings. The number of imide groups is 1. The molecule has 0 aliphatic carbocycles. The molecule has 9 nitrogen and oxygen atoms in total. The van der Waals surface area contributed by atoms with Crippen molar-refractivity contribution in [3.8, 4) is 0 Å². The topological polar surface area (TPSA) is 133 Å². The van der Waals surface area contributed by atoms with Gasteiger partial charge in [-0.15, -0.1) is 0 Å². The van der Waals surface area contributed by atoms with Crippen molar-refractivity contribution in [3.63, 3.8) is 0 Å².